The molecule has 4 saturated carbocycles. The van der Waals surface area contributed by atoms with Crippen LogP contribution >= 0.6 is 0 Å². The first-order chi connectivity index (χ1) is 14.0. The Morgan fingerprint density at radius 1 is 0.966 bits per heavy atom. The Kier molecular flexibility index (Phi) is 4.49. The van der Waals surface area contributed by atoms with E-state index in [9.17, 15) is 9.59 Å². The van der Waals surface area contributed by atoms with Gasteiger partial charge in [0.2, 0.25) is 0 Å². The number of nitrogens with one attached hydrogen (secondary N) is 2. The molecular formula is C24H28N2O3. The summed E-state index contributed by atoms with van der Waals surface area (Å²) in [6.45, 7) is 2.20. The third-order valence-corrected chi connectivity index (χ3v) is 7.50. The second kappa shape index (κ2) is 7.05. The van der Waals surface area contributed by atoms with Crippen LogP contribution in [0.1, 0.15) is 66.4 Å². The Morgan fingerprint density at radius 2 is 1.59 bits per heavy atom. The first kappa shape index (κ1) is 18.5. The Hall–Kier alpha value is -2.56. The predicted molar refractivity (Wildman–Crippen MR) is 111 cm³/mol. The molecule has 1 aromatic heterocycles. The highest BCUT2D eigenvalue weighted by Crippen LogP contribution is 2.61. The number of furan rings is 1. The quantitative estimate of drug-likeness (QED) is 0.763. The molecule has 0 spiro atoms. The number of hydrogen-bond donors (Lipinski definition) is 2. The molecule has 0 aliphatic heterocycles. The van der Waals surface area contributed by atoms with E-state index < -0.39 is 0 Å². The Morgan fingerprint density at radius 3 is 2.14 bits per heavy atom. The second-order valence-corrected chi connectivity index (χ2v) is 9.48. The molecule has 4 fully saturated rings. The van der Waals surface area contributed by atoms with Crippen molar-refractivity contribution in [3.63, 3.8) is 0 Å². The first-order valence-electron chi connectivity index (χ1n) is 10.8. The molecule has 1 aromatic carbocycles. The van der Waals surface area contributed by atoms with Gasteiger partial charge >= 0.3 is 0 Å². The topological polar surface area (TPSA) is 71.3 Å². The highest BCUT2D eigenvalue weighted by Gasteiger charge is 2.53. The van der Waals surface area contributed by atoms with Gasteiger partial charge < -0.3 is 15.1 Å². The summed E-state index contributed by atoms with van der Waals surface area (Å²) >= 11 is 0. The van der Waals surface area contributed by atoms with Gasteiger partial charge in [0.1, 0.15) is 0 Å². The molecule has 0 radical (unpaired) electrons. The van der Waals surface area contributed by atoms with Gasteiger partial charge in [-0.25, -0.2) is 0 Å². The maximum Gasteiger partial charge on any atom is 0.291 e. The molecule has 5 nitrogen and oxygen atoms in total. The molecule has 29 heavy (non-hydrogen) atoms. The minimum atomic E-state index is -0.303. The molecule has 2 N–H and O–H groups in total. The first-order valence-corrected chi connectivity index (χ1v) is 10.8. The third kappa shape index (κ3) is 3.47. The van der Waals surface area contributed by atoms with Crippen LogP contribution in [-0.4, -0.2) is 17.9 Å². The molecule has 4 aliphatic carbocycles. The molecule has 1 unspecified atom stereocenters. The van der Waals surface area contributed by atoms with Crippen molar-refractivity contribution in [1.82, 2.24) is 5.32 Å². The lowest BCUT2D eigenvalue weighted by molar-refractivity contribution is -0.0688. The van der Waals surface area contributed by atoms with E-state index >= 15 is 0 Å². The fourth-order valence-electron chi connectivity index (χ4n) is 6.45. The smallest absolute Gasteiger partial charge is 0.291 e. The maximum absolute atomic E-state index is 12.9. The van der Waals surface area contributed by atoms with Crippen LogP contribution < -0.4 is 10.6 Å². The lowest BCUT2D eigenvalue weighted by Gasteiger charge is -2.59. The zero-order valence-corrected chi connectivity index (χ0v) is 16.8. The molecule has 4 aliphatic rings. The minimum absolute atomic E-state index is 0.0304. The summed E-state index contributed by atoms with van der Waals surface area (Å²) in [4.78, 5) is 24.9. The highest BCUT2D eigenvalue weighted by molar-refractivity contribution is 6.02. The summed E-state index contributed by atoms with van der Waals surface area (Å²) in [7, 11) is 0. The fourth-order valence-corrected chi connectivity index (χ4v) is 6.45. The van der Waals surface area contributed by atoms with Gasteiger partial charge in [-0.15, -0.1) is 0 Å². The van der Waals surface area contributed by atoms with Crippen LogP contribution in [0.2, 0.25) is 0 Å². The standard InChI is InChI=1S/C24H28N2O3/c1-15(24-12-16-9-17(13-24)11-18(10-16)14-24)25-22(27)19-4-6-20(7-5-19)26-23(28)21-3-2-8-29-21/h2-8,15-18H,9-14H2,1H3,(H,25,27)(H,26,28). The average Bonchev–Trinajstić information content (AvgIpc) is 3.22. The number of hydrogen-bond acceptors (Lipinski definition) is 3. The summed E-state index contributed by atoms with van der Waals surface area (Å²) in [5.41, 5.74) is 1.55. The van der Waals surface area contributed by atoms with E-state index in [1.165, 1.54) is 44.8 Å². The second-order valence-electron chi connectivity index (χ2n) is 9.48. The van der Waals surface area contributed by atoms with E-state index in [-0.39, 0.29) is 23.6 Å². The molecule has 152 valence electrons. The zero-order chi connectivity index (χ0) is 20.0. The van der Waals surface area contributed by atoms with Crippen LogP contribution in [0, 0.1) is 23.2 Å². The van der Waals surface area contributed by atoms with Crippen LogP contribution in [-0.2, 0) is 0 Å². The molecule has 5 heteroatoms. The van der Waals surface area contributed by atoms with Gasteiger partial charge in [-0.1, -0.05) is 0 Å². The van der Waals surface area contributed by atoms with Crippen LogP contribution in [0.3, 0.4) is 0 Å². The number of amides is 2. The van der Waals surface area contributed by atoms with Crippen molar-refractivity contribution in [1.29, 1.82) is 0 Å². The van der Waals surface area contributed by atoms with Crippen LogP contribution in [0.4, 0.5) is 5.69 Å². The fraction of sp³-hybridized carbons (Fsp3) is 0.500. The van der Waals surface area contributed by atoms with Gasteiger partial charge in [-0.05, 0) is 105 Å². The van der Waals surface area contributed by atoms with Crippen molar-refractivity contribution >= 4 is 17.5 Å². The predicted octanol–water partition coefficient (Wildman–Crippen LogP) is 4.87. The van der Waals surface area contributed by atoms with Crippen molar-refractivity contribution in [3.05, 3.63) is 54.0 Å². The van der Waals surface area contributed by atoms with E-state index in [1.54, 1.807) is 36.4 Å². The van der Waals surface area contributed by atoms with E-state index in [0.29, 0.717) is 16.7 Å². The molecular weight excluding hydrogens is 364 g/mol. The van der Waals surface area contributed by atoms with Crippen LogP contribution in [0.25, 0.3) is 0 Å². The number of carbonyl (C=O) groups excluding carboxylic acids is 2. The summed E-state index contributed by atoms with van der Waals surface area (Å²) in [6.07, 6.45) is 9.52. The SMILES string of the molecule is CC(NC(=O)c1ccc(NC(=O)c2ccco2)cc1)C12CC3CC(CC(C3)C1)C2. The molecule has 1 atom stereocenters. The van der Waals surface area contributed by atoms with E-state index in [1.807, 2.05) is 0 Å². The van der Waals surface area contributed by atoms with E-state index in [4.69, 9.17) is 4.42 Å². The van der Waals surface area contributed by atoms with E-state index in [0.717, 1.165) is 17.8 Å². The highest BCUT2D eigenvalue weighted by atomic mass is 16.3. The van der Waals surface area contributed by atoms with Gasteiger partial charge in [0.05, 0.1) is 6.26 Å². The normalized spacial score (nSPS) is 30.7. The maximum atomic E-state index is 12.9. The molecule has 0 saturated heterocycles. The number of benzene rings is 1. The molecule has 2 aromatic rings. The number of anilines is 1. The van der Waals surface area contributed by atoms with Crippen molar-refractivity contribution in [2.75, 3.05) is 5.32 Å². The summed E-state index contributed by atoms with van der Waals surface area (Å²) < 4.78 is 5.10. The summed E-state index contributed by atoms with van der Waals surface area (Å²) in [6, 6.07) is 10.5. The van der Waals surface area contributed by atoms with Gasteiger partial charge in [0.25, 0.3) is 11.8 Å². The molecule has 6 rings (SSSR count). The van der Waals surface area contributed by atoms with Crippen molar-refractivity contribution in [2.24, 2.45) is 23.2 Å². The summed E-state index contributed by atoms with van der Waals surface area (Å²) in [5, 5.41) is 6.07. The third-order valence-electron chi connectivity index (χ3n) is 7.50. The lowest BCUT2D eigenvalue weighted by atomic mass is 9.48. The Balaban J connectivity index is 1.22. The summed E-state index contributed by atoms with van der Waals surface area (Å²) in [5.74, 6) is 2.55. The minimum Gasteiger partial charge on any atom is -0.459 e. The Bertz CT molecular complexity index is 865. The largest absolute Gasteiger partial charge is 0.459 e. The van der Waals surface area contributed by atoms with Crippen molar-refractivity contribution in [3.8, 4) is 0 Å². The van der Waals surface area contributed by atoms with Gasteiger partial charge in [0.15, 0.2) is 5.76 Å². The lowest BCUT2D eigenvalue weighted by Crippen LogP contribution is -2.55. The number of carbonyl (C=O) groups is 2. The van der Waals surface area contributed by atoms with Crippen LogP contribution in [0.5, 0.6) is 0 Å². The van der Waals surface area contributed by atoms with Crippen molar-refractivity contribution < 1.29 is 14.0 Å². The average molecular weight is 392 g/mol. The zero-order valence-electron chi connectivity index (χ0n) is 16.8. The van der Waals surface area contributed by atoms with Crippen molar-refractivity contribution in [2.45, 2.75) is 51.5 Å². The number of rotatable bonds is 5. The Labute approximate surface area is 171 Å². The molecule has 1 heterocycles. The van der Waals surface area contributed by atoms with E-state index in [2.05, 4.69) is 17.6 Å². The molecule has 2 amide bonds. The molecule has 4 bridgehead atoms. The van der Waals surface area contributed by atoms with Crippen LogP contribution in [0.15, 0.2) is 47.1 Å². The van der Waals surface area contributed by atoms with Gasteiger partial charge in [0, 0.05) is 17.3 Å². The monoisotopic (exact) mass is 392 g/mol. The van der Waals surface area contributed by atoms with Gasteiger partial charge in [-0.2, -0.15) is 0 Å². The van der Waals surface area contributed by atoms with Gasteiger partial charge in [-0.3, -0.25) is 9.59 Å².